The summed E-state index contributed by atoms with van der Waals surface area (Å²) in [6, 6.07) is 0. The summed E-state index contributed by atoms with van der Waals surface area (Å²) in [6.45, 7) is 12.0. The predicted molar refractivity (Wildman–Crippen MR) is 83.7 cm³/mol. The maximum atomic E-state index is 3.93. The summed E-state index contributed by atoms with van der Waals surface area (Å²) in [5.74, 6) is 0. The van der Waals surface area contributed by atoms with Crippen LogP contribution in [-0.2, 0) is 0 Å². The molecule has 96 valence electrons. The van der Waals surface area contributed by atoms with Crippen LogP contribution >= 0.6 is 15.9 Å². The quantitative estimate of drug-likeness (QED) is 0.363. The van der Waals surface area contributed by atoms with Gasteiger partial charge in [-0.1, -0.05) is 50.9 Å². The molecule has 0 aliphatic carbocycles. The van der Waals surface area contributed by atoms with E-state index >= 15 is 0 Å². The van der Waals surface area contributed by atoms with Gasteiger partial charge in [-0.05, 0) is 46.0 Å². The third-order valence-electron chi connectivity index (χ3n) is 2.58. The van der Waals surface area contributed by atoms with Crippen LogP contribution in [0, 0.1) is 0 Å². The molecule has 0 nitrogen and oxygen atoms in total. The Balaban J connectivity index is 4.13. The Labute approximate surface area is 115 Å². The van der Waals surface area contributed by atoms with Crippen LogP contribution in [0.5, 0.6) is 0 Å². The minimum absolute atomic E-state index is 0.975. The van der Waals surface area contributed by atoms with Gasteiger partial charge >= 0.3 is 0 Å². The Morgan fingerprint density at radius 2 is 1.76 bits per heavy atom. The molecular formula is C16H25Br. The lowest BCUT2D eigenvalue weighted by molar-refractivity contribution is 0.896. The number of hydrogen-bond donors (Lipinski definition) is 0. The molecule has 0 N–H and O–H groups in total. The van der Waals surface area contributed by atoms with Crippen molar-refractivity contribution >= 4 is 15.9 Å². The predicted octanol–water partition coefficient (Wildman–Crippen LogP) is 5.97. The van der Waals surface area contributed by atoms with Crippen LogP contribution in [0.3, 0.4) is 0 Å². The van der Waals surface area contributed by atoms with E-state index < -0.39 is 0 Å². The Kier molecular flexibility index (Phi) is 10.2. The lowest BCUT2D eigenvalue weighted by Gasteiger charge is -2.04. The van der Waals surface area contributed by atoms with Crippen LogP contribution < -0.4 is 0 Å². The van der Waals surface area contributed by atoms with Gasteiger partial charge in [0.1, 0.15) is 0 Å². The molecular weight excluding hydrogens is 272 g/mol. The summed E-state index contributed by atoms with van der Waals surface area (Å²) < 4.78 is 0. The van der Waals surface area contributed by atoms with Gasteiger partial charge in [0, 0.05) is 5.33 Å². The van der Waals surface area contributed by atoms with E-state index in [0.717, 1.165) is 37.4 Å². The fourth-order valence-electron chi connectivity index (χ4n) is 1.55. The zero-order valence-corrected chi connectivity index (χ0v) is 12.9. The standard InChI is InChI=1S/C16H25Br/c1-5-8-16(11-6-9-14(2)3)12-7-10-15(4)13-17/h5,10-11H,1-2,6-9,12-13H2,3-4H3/b15-10+,16-11+. The SMILES string of the molecule is C=CC/C(=C\CCC(=C)C)CC/C=C(\C)CBr. The monoisotopic (exact) mass is 296 g/mol. The molecule has 17 heavy (non-hydrogen) atoms. The highest BCUT2D eigenvalue weighted by Crippen LogP contribution is 2.15. The van der Waals surface area contributed by atoms with Crippen molar-refractivity contribution in [1.82, 2.24) is 0 Å². The summed E-state index contributed by atoms with van der Waals surface area (Å²) in [4.78, 5) is 0. The number of alkyl halides is 1. The minimum atomic E-state index is 0.975. The molecule has 0 radical (unpaired) electrons. The second-order valence-corrected chi connectivity index (χ2v) is 5.13. The van der Waals surface area contributed by atoms with Gasteiger partial charge in [-0.25, -0.2) is 0 Å². The fourth-order valence-corrected chi connectivity index (χ4v) is 1.78. The van der Waals surface area contributed by atoms with E-state index in [9.17, 15) is 0 Å². The third-order valence-corrected chi connectivity index (χ3v) is 3.46. The molecule has 0 aliphatic heterocycles. The van der Waals surface area contributed by atoms with Gasteiger partial charge < -0.3 is 0 Å². The van der Waals surface area contributed by atoms with Crippen LogP contribution in [0.4, 0.5) is 0 Å². The summed E-state index contributed by atoms with van der Waals surface area (Å²) >= 11 is 3.46. The average Bonchev–Trinajstić information content (AvgIpc) is 2.28. The van der Waals surface area contributed by atoms with Crippen LogP contribution in [0.25, 0.3) is 0 Å². The van der Waals surface area contributed by atoms with Gasteiger partial charge in [-0.2, -0.15) is 0 Å². The van der Waals surface area contributed by atoms with E-state index in [1.807, 2.05) is 6.08 Å². The molecule has 0 aromatic heterocycles. The van der Waals surface area contributed by atoms with Crippen molar-refractivity contribution in [2.45, 2.75) is 46.0 Å². The second kappa shape index (κ2) is 10.6. The molecule has 0 fully saturated rings. The van der Waals surface area contributed by atoms with Gasteiger partial charge in [-0.15, -0.1) is 13.2 Å². The van der Waals surface area contributed by atoms with E-state index in [0.29, 0.717) is 0 Å². The summed E-state index contributed by atoms with van der Waals surface area (Å²) in [6.07, 6.45) is 12.1. The molecule has 0 atom stereocenters. The highest BCUT2D eigenvalue weighted by Gasteiger charge is 1.95. The first-order valence-electron chi connectivity index (χ1n) is 6.25. The van der Waals surface area contributed by atoms with Crippen LogP contribution in [-0.4, -0.2) is 5.33 Å². The lowest BCUT2D eigenvalue weighted by Crippen LogP contribution is -1.84. The Morgan fingerprint density at radius 1 is 1.12 bits per heavy atom. The van der Waals surface area contributed by atoms with Gasteiger partial charge in [0.05, 0.1) is 0 Å². The summed E-state index contributed by atoms with van der Waals surface area (Å²) in [7, 11) is 0. The molecule has 0 amide bonds. The molecule has 0 aromatic carbocycles. The topological polar surface area (TPSA) is 0 Å². The molecule has 0 spiro atoms. The highest BCUT2D eigenvalue weighted by atomic mass is 79.9. The molecule has 0 aliphatic rings. The van der Waals surface area contributed by atoms with Crippen molar-refractivity contribution in [2.75, 3.05) is 5.33 Å². The summed E-state index contributed by atoms with van der Waals surface area (Å²) in [5, 5.41) is 0.975. The number of hydrogen-bond acceptors (Lipinski definition) is 0. The third kappa shape index (κ3) is 10.3. The van der Waals surface area contributed by atoms with E-state index in [1.165, 1.54) is 16.7 Å². The lowest BCUT2D eigenvalue weighted by atomic mass is 10.0. The number of allylic oxidation sites excluding steroid dienone is 6. The largest absolute Gasteiger partial charge is 0.103 e. The van der Waals surface area contributed by atoms with E-state index in [-0.39, 0.29) is 0 Å². The van der Waals surface area contributed by atoms with Crippen molar-refractivity contribution in [3.8, 4) is 0 Å². The Hall–Kier alpha value is -0.560. The van der Waals surface area contributed by atoms with Gasteiger partial charge in [-0.3, -0.25) is 0 Å². The van der Waals surface area contributed by atoms with E-state index in [4.69, 9.17) is 0 Å². The van der Waals surface area contributed by atoms with Gasteiger partial charge in [0.25, 0.3) is 0 Å². The maximum absolute atomic E-state index is 3.93. The van der Waals surface area contributed by atoms with Gasteiger partial charge in [0.2, 0.25) is 0 Å². The molecule has 0 saturated heterocycles. The number of halogens is 1. The van der Waals surface area contributed by atoms with Crippen LogP contribution in [0.15, 0.2) is 48.1 Å². The fraction of sp³-hybridized carbons (Fsp3) is 0.500. The van der Waals surface area contributed by atoms with Crippen LogP contribution in [0.1, 0.15) is 46.0 Å². The molecule has 0 bridgehead atoms. The summed E-state index contributed by atoms with van der Waals surface area (Å²) in [5.41, 5.74) is 4.17. The van der Waals surface area contributed by atoms with Gasteiger partial charge in [0.15, 0.2) is 0 Å². The second-order valence-electron chi connectivity index (χ2n) is 4.57. The normalized spacial score (nSPS) is 12.6. The van der Waals surface area contributed by atoms with Crippen molar-refractivity contribution in [1.29, 1.82) is 0 Å². The first-order chi connectivity index (χ1) is 8.10. The molecule has 0 unspecified atom stereocenters. The Morgan fingerprint density at radius 3 is 2.29 bits per heavy atom. The minimum Gasteiger partial charge on any atom is -0.103 e. The van der Waals surface area contributed by atoms with E-state index in [1.54, 1.807) is 0 Å². The molecule has 0 saturated carbocycles. The average molecular weight is 297 g/mol. The van der Waals surface area contributed by atoms with Crippen molar-refractivity contribution in [2.24, 2.45) is 0 Å². The van der Waals surface area contributed by atoms with Crippen molar-refractivity contribution in [3.05, 3.63) is 48.1 Å². The Bertz CT molecular complexity index is 295. The maximum Gasteiger partial charge on any atom is 0.0239 e. The zero-order valence-electron chi connectivity index (χ0n) is 11.3. The number of rotatable bonds is 9. The molecule has 0 rings (SSSR count). The highest BCUT2D eigenvalue weighted by molar-refractivity contribution is 9.09. The van der Waals surface area contributed by atoms with Crippen molar-refractivity contribution < 1.29 is 0 Å². The first kappa shape index (κ1) is 16.4. The molecule has 0 aromatic rings. The van der Waals surface area contributed by atoms with Crippen LogP contribution in [0.2, 0.25) is 0 Å². The molecule has 0 heterocycles. The smallest absolute Gasteiger partial charge is 0.0239 e. The molecule has 1 heteroatoms. The first-order valence-corrected chi connectivity index (χ1v) is 7.37. The zero-order chi connectivity index (χ0) is 13.1. The van der Waals surface area contributed by atoms with Crippen molar-refractivity contribution in [3.63, 3.8) is 0 Å². The van der Waals surface area contributed by atoms with E-state index in [2.05, 4.69) is 55.1 Å².